The predicted octanol–water partition coefficient (Wildman–Crippen LogP) is 0.767. The molecule has 7 nitrogen and oxygen atoms in total. The first-order valence-corrected chi connectivity index (χ1v) is 9.84. The van der Waals surface area contributed by atoms with Crippen molar-refractivity contribution in [3.05, 3.63) is 16.1 Å². The van der Waals surface area contributed by atoms with E-state index in [9.17, 15) is 4.79 Å². The van der Waals surface area contributed by atoms with Gasteiger partial charge in [0.05, 0.1) is 13.1 Å². The minimum Gasteiger partial charge on any atom is -0.350 e. The number of thiazole rings is 1. The van der Waals surface area contributed by atoms with Gasteiger partial charge >= 0.3 is 0 Å². The Hall–Kier alpha value is -1.67. The highest BCUT2D eigenvalue weighted by molar-refractivity contribution is 7.11. The highest BCUT2D eigenvalue weighted by atomic mass is 32.1. The Kier molecular flexibility index (Phi) is 6.25. The SMILES string of the molecule is CN=C(NCc1ncc(C)s1)N1CCN(CC(=O)N2CCCC2)CC1. The third-order valence-electron chi connectivity index (χ3n) is 4.77. The van der Waals surface area contributed by atoms with Gasteiger partial charge in [0.15, 0.2) is 5.96 Å². The fourth-order valence-electron chi connectivity index (χ4n) is 3.35. The van der Waals surface area contributed by atoms with Gasteiger partial charge in [0.2, 0.25) is 5.91 Å². The number of guanidine groups is 1. The molecule has 0 atom stereocenters. The number of carbonyl (C=O) groups is 1. The molecule has 0 bridgehead atoms. The second-order valence-electron chi connectivity index (χ2n) is 6.62. The minimum atomic E-state index is 0.285. The van der Waals surface area contributed by atoms with Gasteiger partial charge in [-0.25, -0.2) is 4.98 Å². The summed E-state index contributed by atoms with van der Waals surface area (Å²) in [7, 11) is 1.82. The van der Waals surface area contributed by atoms with E-state index in [1.165, 1.54) is 4.88 Å². The lowest BCUT2D eigenvalue weighted by atomic mass is 10.3. The maximum Gasteiger partial charge on any atom is 0.236 e. The normalized spacial score (nSPS) is 19.5. The van der Waals surface area contributed by atoms with Crippen molar-refractivity contribution in [2.75, 3.05) is 52.9 Å². The van der Waals surface area contributed by atoms with E-state index in [4.69, 9.17) is 0 Å². The molecule has 2 aliphatic heterocycles. The van der Waals surface area contributed by atoms with Crippen LogP contribution >= 0.6 is 11.3 Å². The van der Waals surface area contributed by atoms with Crippen LogP contribution in [0.1, 0.15) is 22.7 Å². The Balaban J connectivity index is 1.43. The Morgan fingerprint density at radius 3 is 2.52 bits per heavy atom. The number of amides is 1. The van der Waals surface area contributed by atoms with Crippen LogP contribution in [0.4, 0.5) is 0 Å². The second kappa shape index (κ2) is 8.62. The average molecular weight is 365 g/mol. The van der Waals surface area contributed by atoms with Crippen molar-refractivity contribution >= 4 is 23.2 Å². The van der Waals surface area contributed by atoms with Gasteiger partial charge in [0.25, 0.3) is 0 Å². The summed E-state index contributed by atoms with van der Waals surface area (Å²) in [5, 5.41) is 4.48. The van der Waals surface area contributed by atoms with Gasteiger partial charge in [-0.2, -0.15) is 0 Å². The molecule has 0 saturated carbocycles. The summed E-state index contributed by atoms with van der Waals surface area (Å²) in [6, 6.07) is 0. The number of likely N-dealkylation sites (tertiary alicyclic amines) is 1. The number of hydrogen-bond donors (Lipinski definition) is 1. The van der Waals surface area contributed by atoms with Crippen molar-refractivity contribution in [1.29, 1.82) is 0 Å². The maximum absolute atomic E-state index is 12.3. The van der Waals surface area contributed by atoms with E-state index < -0.39 is 0 Å². The molecule has 0 radical (unpaired) electrons. The molecule has 0 unspecified atom stereocenters. The standard InChI is InChI=1S/C17H28N6OS/c1-14-11-19-15(25-14)12-20-17(18-2)23-9-7-21(8-10-23)13-16(24)22-5-3-4-6-22/h11H,3-10,12-13H2,1-2H3,(H,18,20). The van der Waals surface area contributed by atoms with Gasteiger partial charge < -0.3 is 15.1 Å². The topological polar surface area (TPSA) is 64.1 Å². The molecular formula is C17H28N6OS. The third-order valence-corrected chi connectivity index (χ3v) is 5.68. The molecule has 2 fully saturated rings. The number of hydrogen-bond acceptors (Lipinski definition) is 5. The van der Waals surface area contributed by atoms with E-state index in [-0.39, 0.29) is 5.91 Å². The van der Waals surface area contributed by atoms with Crippen molar-refractivity contribution in [2.24, 2.45) is 4.99 Å². The van der Waals surface area contributed by atoms with Gasteiger partial charge in [0, 0.05) is 57.4 Å². The minimum absolute atomic E-state index is 0.285. The lowest BCUT2D eigenvalue weighted by Gasteiger charge is -2.36. The molecule has 1 aromatic rings. The van der Waals surface area contributed by atoms with Gasteiger partial charge in [-0.05, 0) is 19.8 Å². The first kappa shape index (κ1) is 18.1. The molecule has 0 aliphatic carbocycles. The molecule has 0 spiro atoms. The van der Waals surface area contributed by atoms with Gasteiger partial charge in [-0.15, -0.1) is 11.3 Å². The van der Waals surface area contributed by atoms with Crippen LogP contribution in [-0.4, -0.2) is 84.4 Å². The summed E-state index contributed by atoms with van der Waals surface area (Å²) in [6.45, 7) is 8.79. The Bertz CT molecular complexity index is 602. The molecule has 2 saturated heterocycles. The van der Waals surface area contributed by atoms with Crippen LogP contribution in [0.5, 0.6) is 0 Å². The Labute approximate surface area is 153 Å². The van der Waals surface area contributed by atoms with Gasteiger partial charge in [-0.1, -0.05) is 0 Å². The zero-order valence-corrected chi connectivity index (χ0v) is 16.0. The molecule has 3 rings (SSSR count). The lowest BCUT2D eigenvalue weighted by Crippen LogP contribution is -2.54. The Morgan fingerprint density at radius 2 is 1.92 bits per heavy atom. The van der Waals surface area contributed by atoms with Crippen LogP contribution in [0.2, 0.25) is 0 Å². The summed E-state index contributed by atoms with van der Waals surface area (Å²) in [5.41, 5.74) is 0. The summed E-state index contributed by atoms with van der Waals surface area (Å²) < 4.78 is 0. The second-order valence-corrected chi connectivity index (χ2v) is 7.94. The van der Waals surface area contributed by atoms with Gasteiger partial charge in [0.1, 0.15) is 5.01 Å². The lowest BCUT2D eigenvalue weighted by molar-refractivity contribution is -0.131. The van der Waals surface area contributed by atoms with E-state index >= 15 is 0 Å². The number of aryl methyl sites for hydroxylation is 1. The zero-order valence-electron chi connectivity index (χ0n) is 15.2. The fourth-order valence-corrected chi connectivity index (χ4v) is 4.07. The van der Waals surface area contributed by atoms with Crippen LogP contribution in [0.3, 0.4) is 0 Å². The molecule has 25 heavy (non-hydrogen) atoms. The highest BCUT2D eigenvalue weighted by Gasteiger charge is 2.24. The summed E-state index contributed by atoms with van der Waals surface area (Å²) in [5.74, 6) is 1.20. The van der Waals surface area contributed by atoms with Crippen LogP contribution in [0.15, 0.2) is 11.2 Å². The van der Waals surface area contributed by atoms with E-state index in [0.29, 0.717) is 13.1 Å². The molecule has 138 valence electrons. The quantitative estimate of drug-likeness (QED) is 0.631. The van der Waals surface area contributed by atoms with Gasteiger partial charge in [-0.3, -0.25) is 14.7 Å². The number of aromatic nitrogens is 1. The van der Waals surface area contributed by atoms with Crippen molar-refractivity contribution in [3.8, 4) is 0 Å². The highest BCUT2D eigenvalue weighted by Crippen LogP contribution is 2.12. The fraction of sp³-hybridized carbons (Fsp3) is 0.706. The zero-order chi connectivity index (χ0) is 17.6. The van der Waals surface area contributed by atoms with E-state index in [1.54, 1.807) is 11.3 Å². The van der Waals surface area contributed by atoms with Crippen LogP contribution in [0, 0.1) is 6.92 Å². The smallest absolute Gasteiger partial charge is 0.236 e. The summed E-state index contributed by atoms with van der Waals surface area (Å²) >= 11 is 1.71. The monoisotopic (exact) mass is 364 g/mol. The van der Waals surface area contributed by atoms with E-state index in [2.05, 4.69) is 32.0 Å². The molecular weight excluding hydrogens is 336 g/mol. The van der Waals surface area contributed by atoms with Crippen molar-refractivity contribution in [2.45, 2.75) is 26.3 Å². The number of rotatable bonds is 4. The first-order valence-electron chi connectivity index (χ1n) is 9.03. The van der Waals surface area contributed by atoms with Crippen LogP contribution in [0.25, 0.3) is 0 Å². The number of nitrogens with one attached hydrogen (secondary N) is 1. The molecule has 8 heteroatoms. The molecule has 0 aromatic carbocycles. The van der Waals surface area contributed by atoms with E-state index in [1.807, 2.05) is 18.1 Å². The molecule has 2 aliphatic rings. The van der Waals surface area contributed by atoms with Crippen molar-refractivity contribution < 1.29 is 4.79 Å². The Morgan fingerprint density at radius 1 is 1.20 bits per heavy atom. The summed E-state index contributed by atoms with van der Waals surface area (Å²) in [4.78, 5) is 28.8. The van der Waals surface area contributed by atoms with Crippen LogP contribution in [-0.2, 0) is 11.3 Å². The summed E-state index contributed by atoms with van der Waals surface area (Å²) in [6.07, 6.45) is 4.21. The number of nitrogens with zero attached hydrogens (tertiary/aromatic N) is 5. The molecule has 3 heterocycles. The van der Waals surface area contributed by atoms with Crippen molar-refractivity contribution in [1.82, 2.24) is 25.0 Å². The number of carbonyl (C=O) groups excluding carboxylic acids is 1. The first-order chi connectivity index (χ1) is 12.2. The van der Waals surface area contributed by atoms with Crippen molar-refractivity contribution in [3.63, 3.8) is 0 Å². The maximum atomic E-state index is 12.3. The number of aliphatic imine (C=N–C) groups is 1. The third kappa shape index (κ3) is 4.92. The molecule has 1 amide bonds. The number of piperazine rings is 1. The average Bonchev–Trinajstić information content (AvgIpc) is 3.28. The largest absolute Gasteiger partial charge is 0.350 e. The molecule has 1 N–H and O–H groups in total. The predicted molar refractivity (Wildman–Crippen MR) is 101 cm³/mol. The molecule has 1 aromatic heterocycles. The van der Waals surface area contributed by atoms with E-state index in [0.717, 1.165) is 63.1 Å². The van der Waals surface area contributed by atoms with Crippen LogP contribution < -0.4 is 5.32 Å².